The molecule has 0 aliphatic heterocycles. The Morgan fingerprint density at radius 2 is 1.11 bits per heavy atom. The van der Waals surface area contributed by atoms with Crippen LogP contribution in [-0.2, 0) is 19.1 Å². The van der Waals surface area contributed by atoms with E-state index in [9.17, 15) is 9.59 Å². The summed E-state index contributed by atoms with van der Waals surface area (Å²) in [6, 6.07) is 0. The lowest BCUT2D eigenvalue weighted by atomic mass is 10.7. The highest BCUT2D eigenvalue weighted by atomic mass is 35.6. The highest BCUT2D eigenvalue weighted by Crippen LogP contribution is 2.46. The molecule has 0 fully saturated rings. The van der Waals surface area contributed by atoms with Gasteiger partial charge in [-0.2, -0.15) is 0 Å². The first-order chi connectivity index (χ1) is 8.34. The lowest BCUT2D eigenvalue weighted by molar-refractivity contribution is -0.142. The second-order valence-corrected chi connectivity index (χ2v) is 8.97. The Labute approximate surface area is 144 Å². The zero-order valence-corrected chi connectivity index (χ0v) is 14.8. The zero-order valence-electron chi connectivity index (χ0n) is 9.46. The van der Waals surface area contributed by atoms with E-state index in [1.807, 2.05) is 0 Å². The maximum atomic E-state index is 10.9. The predicted octanol–water partition coefficient (Wildman–Crippen LogP) is 4.24. The molecule has 0 unspecified atom stereocenters. The molecule has 0 heterocycles. The van der Waals surface area contributed by atoms with Crippen LogP contribution in [0, 0.1) is 0 Å². The van der Waals surface area contributed by atoms with Crippen molar-refractivity contribution in [3.63, 3.8) is 0 Å². The highest BCUT2D eigenvalue weighted by molar-refractivity contribution is 8.00. The third-order valence-corrected chi connectivity index (χ3v) is 4.69. The van der Waals surface area contributed by atoms with E-state index in [0.29, 0.717) is 11.8 Å². The van der Waals surface area contributed by atoms with E-state index >= 15 is 0 Å². The fourth-order valence-corrected chi connectivity index (χ4v) is 2.87. The third-order valence-electron chi connectivity index (χ3n) is 1.33. The number of thioether (sulfide) groups is 1. The number of carbonyl (C=O) groups is 2. The number of halogens is 6. The van der Waals surface area contributed by atoms with Crippen LogP contribution in [0.5, 0.6) is 0 Å². The van der Waals surface area contributed by atoms with Crippen LogP contribution in [0.2, 0.25) is 0 Å². The van der Waals surface area contributed by atoms with Gasteiger partial charge in [0.2, 0.25) is 7.59 Å². The molecule has 0 amide bonds. The SMILES string of the molecule is CC(=O)O[C@@H](S[C@H](OC(C)=O)C(Cl)(Cl)Cl)C(Cl)(Cl)Cl. The molecule has 11 heteroatoms. The summed E-state index contributed by atoms with van der Waals surface area (Å²) in [4.78, 5) is 21.9. The van der Waals surface area contributed by atoms with Gasteiger partial charge in [0.15, 0.2) is 10.9 Å². The van der Waals surface area contributed by atoms with Crippen LogP contribution in [0.1, 0.15) is 13.8 Å². The third kappa shape index (κ3) is 8.81. The second kappa shape index (κ2) is 7.87. The molecule has 0 saturated carbocycles. The number of esters is 2. The van der Waals surface area contributed by atoms with Crippen molar-refractivity contribution in [1.82, 2.24) is 0 Å². The topological polar surface area (TPSA) is 52.6 Å². The molecular formula is C8H8Cl6O4S. The first kappa shape index (κ1) is 20.0. The number of carbonyl (C=O) groups excluding carboxylic acids is 2. The van der Waals surface area contributed by atoms with Crippen molar-refractivity contribution in [2.24, 2.45) is 0 Å². The van der Waals surface area contributed by atoms with E-state index in [1.54, 1.807) is 0 Å². The summed E-state index contributed by atoms with van der Waals surface area (Å²) in [5.41, 5.74) is -2.65. The molecule has 0 aromatic rings. The van der Waals surface area contributed by atoms with Crippen LogP contribution in [0.15, 0.2) is 0 Å². The van der Waals surface area contributed by atoms with E-state index in [-0.39, 0.29) is 0 Å². The largest absolute Gasteiger partial charge is 0.447 e. The quantitative estimate of drug-likeness (QED) is 0.392. The van der Waals surface area contributed by atoms with E-state index in [4.69, 9.17) is 79.1 Å². The number of ether oxygens (including phenoxy) is 2. The minimum Gasteiger partial charge on any atom is -0.447 e. The highest BCUT2D eigenvalue weighted by Gasteiger charge is 2.45. The Kier molecular flexibility index (Phi) is 8.30. The predicted molar refractivity (Wildman–Crippen MR) is 79.3 cm³/mol. The minimum atomic E-state index is -2.00. The van der Waals surface area contributed by atoms with Crippen molar-refractivity contribution >= 4 is 93.3 Å². The molecule has 0 aliphatic rings. The number of hydrogen-bond acceptors (Lipinski definition) is 5. The number of alkyl halides is 6. The van der Waals surface area contributed by atoms with E-state index in [1.165, 1.54) is 0 Å². The van der Waals surface area contributed by atoms with Gasteiger partial charge < -0.3 is 9.47 Å². The van der Waals surface area contributed by atoms with Gasteiger partial charge in [-0.05, 0) is 0 Å². The smallest absolute Gasteiger partial charge is 0.303 e. The molecule has 0 rings (SSSR count). The van der Waals surface area contributed by atoms with Crippen molar-refractivity contribution in [2.45, 2.75) is 32.3 Å². The minimum absolute atomic E-state index is 0.583. The Hall–Kier alpha value is 1.03. The van der Waals surface area contributed by atoms with Crippen molar-refractivity contribution in [2.75, 3.05) is 0 Å². The van der Waals surface area contributed by atoms with Gasteiger partial charge in [0, 0.05) is 13.8 Å². The van der Waals surface area contributed by atoms with Gasteiger partial charge in [0.25, 0.3) is 0 Å². The Morgan fingerprint density at radius 1 is 0.842 bits per heavy atom. The lowest BCUT2D eigenvalue weighted by Gasteiger charge is -2.30. The molecule has 0 radical (unpaired) electrons. The fourth-order valence-electron chi connectivity index (χ4n) is 0.757. The number of rotatable bonds is 4. The van der Waals surface area contributed by atoms with Crippen molar-refractivity contribution in [3.8, 4) is 0 Å². The normalized spacial score (nSPS) is 15.6. The van der Waals surface area contributed by atoms with Crippen LogP contribution in [0.25, 0.3) is 0 Å². The summed E-state index contributed by atoms with van der Waals surface area (Å²) in [5, 5.41) is 0. The number of hydrogen-bond donors (Lipinski definition) is 0. The maximum Gasteiger partial charge on any atom is 0.303 e. The van der Waals surface area contributed by atoms with Crippen molar-refractivity contribution < 1.29 is 19.1 Å². The average molecular weight is 413 g/mol. The van der Waals surface area contributed by atoms with Crippen LogP contribution in [0.3, 0.4) is 0 Å². The van der Waals surface area contributed by atoms with Gasteiger partial charge in [-0.25, -0.2) is 0 Å². The molecule has 0 saturated heterocycles. The Morgan fingerprint density at radius 3 is 1.26 bits per heavy atom. The van der Waals surface area contributed by atoms with Gasteiger partial charge >= 0.3 is 11.9 Å². The zero-order chi connectivity index (χ0) is 15.4. The van der Waals surface area contributed by atoms with Gasteiger partial charge in [-0.1, -0.05) is 81.4 Å². The van der Waals surface area contributed by atoms with E-state index < -0.39 is 30.4 Å². The van der Waals surface area contributed by atoms with Crippen LogP contribution in [0.4, 0.5) is 0 Å². The standard InChI is InChI=1S/C8H8Cl6O4S/c1-3(15)17-5(7(9,10)11)19-6(8(12,13)14)18-4(2)16/h5-6H,1-2H3/t5-,6-/m0/s1. The molecule has 4 nitrogen and oxygen atoms in total. The van der Waals surface area contributed by atoms with Crippen LogP contribution in [-0.4, -0.2) is 30.4 Å². The van der Waals surface area contributed by atoms with Crippen molar-refractivity contribution in [1.29, 1.82) is 0 Å². The first-order valence-corrected chi connectivity index (χ1v) is 7.68. The summed E-state index contributed by atoms with van der Waals surface area (Å²) in [6.07, 6.45) is 0. The summed E-state index contributed by atoms with van der Waals surface area (Å²) in [5.74, 6) is -1.43. The van der Waals surface area contributed by atoms with E-state index in [2.05, 4.69) is 0 Å². The summed E-state index contributed by atoms with van der Waals surface area (Å²) in [6.45, 7) is 2.22. The van der Waals surface area contributed by atoms with Crippen molar-refractivity contribution in [3.05, 3.63) is 0 Å². The molecular weight excluding hydrogens is 405 g/mol. The van der Waals surface area contributed by atoms with Crippen LogP contribution < -0.4 is 0 Å². The van der Waals surface area contributed by atoms with Gasteiger partial charge in [0.05, 0.1) is 0 Å². The first-order valence-electron chi connectivity index (χ1n) is 4.47. The molecule has 0 spiro atoms. The monoisotopic (exact) mass is 410 g/mol. The fraction of sp³-hybridized carbons (Fsp3) is 0.750. The average Bonchev–Trinajstić information content (AvgIpc) is 2.10. The molecule has 112 valence electrons. The summed E-state index contributed by atoms with van der Waals surface area (Å²) >= 11 is 34.4. The van der Waals surface area contributed by atoms with Gasteiger partial charge in [-0.3, -0.25) is 9.59 Å². The van der Waals surface area contributed by atoms with Crippen LogP contribution >= 0.6 is 81.4 Å². The molecule has 19 heavy (non-hydrogen) atoms. The van der Waals surface area contributed by atoms with E-state index in [0.717, 1.165) is 13.8 Å². The molecule has 2 atom stereocenters. The summed E-state index contributed by atoms with van der Waals surface area (Å²) in [7, 11) is 0. The molecule has 0 aromatic carbocycles. The lowest BCUT2D eigenvalue weighted by Crippen LogP contribution is -2.35. The Bertz CT molecular complexity index is 307. The van der Waals surface area contributed by atoms with Gasteiger partial charge in [-0.15, -0.1) is 0 Å². The molecule has 0 aliphatic carbocycles. The Balaban J connectivity index is 5.03. The summed E-state index contributed by atoms with van der Waals surface area (Å²) < 4.78 is 5.58. The molecule has 0 bridgehead atoms. The van der Waals surface area contributed by atoms with Gasteiger partial charge in [0.1, 0.15) is 0 Å². The second-order valence-electron chi connectivity index (χ2n) is 3.10. The molecule has 0 aromatic heterocycles. The molecule has 0 N–H and O–H groups in total. The maximum absolute atomic E-state index is 10.9.